The van der Waals surface area contributed by atoms with Gasteiger partial charge in [-0.25, -0.2) is 0 Å². The first-order valence-electron chi connectivity index (χ1n) is 17.9. The summed E-state index contributed by atoms with van der Waals surface area (Å²) >= 11 is 1.90. The fourth-order valence-electron chi connectivity index (χ4n) is 7.79. The van der Waals surface area contributed by atoms with Gasteiger partial charge in [-0.2, -0.15) is 0 Å². The van der Waals surface area contributed by atoms with Gasteiger partial charge in [0.15, 0.2) is 0 Å². The van der Waals surface area contributed by atoms with Crippen LogP contribution in [0.15, 0.2) is 187 Å². The summed E-state index contributed by atoms with van der Waals surface area (Å²) in [6.45, 7) is 0. The Bertz CT molecular complexity index is 2380. The molecule has 0 saturated heterocycles. The third-order valence-corrected chi connectivity index (χ3v) is 11.7. The zero-order valence-corrected chi connectivity index (χ0v) is 29.0. The Balaban J connectivity index is 1.01. The SMILES string of the molecule is C1=CCCC(C2C=CC(N(C3=CC=C(c4ccc(-c5cccc6c5sc5ccccc56)cc4)CC3)c3ccc(-c4ccccc4)cc3)=CC2)=C1. The van der Waals surface area contributed by atoms with Crippen molar-refractivity contribution in [2.75, 3.05) is 4.90 Å². The Morgan fingerprint density at radius 1 is 0.600 bits per heavy atom. The Morgan fingerprint density at radius 3 is 2.12 bits per heavy atom. The molecule has 0 aliphatic heterocycles. The number of rotatable bonds is 7. The van der Waals surface area contributed by atoms with E-state index in [1.165, 1.54) is 77.1 Å². The smallest absolute Gasteiger partial charge is 0.0458 e. The van der Waals surface area contributed by atoms with Crippen LogP contribution in [-0.2, 0) is 0 Å². The highest BCUT2D eigenvalue weighted by atomic mass is 32.1. The normalized spacial score (nSPS) is 17.3. The number of hydrogen-bond acceptors (Lipinski definition) is 2. The number of thiophene rings is 1. The maximum absolute atomic E-state index is 2.48. The zero-order chi connectivity index (χ0) is 33.3. The van der Waals surface area contributed by atoms with E-state index in [0.717, 1.165) is 25.7 Å². The van der Waals surface area contributed by atoms with Gasteiger partial charge >= 0.3 is 0 Å². The Labute approximate surface area is 299 Å². The predicted molar refractivity (Wildman–Crippen MR) is 216 cm³/mol. The second-order valence-electron chi connectivity index (χ2n) is 13.5. The van der Waals surface area contributed by atoms with Gasteiger partial charge in [-0.05, 0) is 95.8 Å². The minimum Gasteiger partial charge on any atom is -0.315 e. The number of fused-ring (bicyclic) bond motifs is 3. The summed E-state index contributed by atoms with van der Waals surface area (Å²) in [5.41, 5.74) is 13.1. The van der Waals surface area contributed by atoms with Crippen LogP contribution in [0.1, 0.15) is 37.7 Å². The summed E-state index contributed by atoms with van der Waals surface area (Å²) in [5, 5.41) is 2.70. The van der Waals surface area contributed by atoms with Crippen LogP contribution >= 0.6 is 11.3 Å². The quantitative estimate of drug-likeness (QED) is 0.165. The lowest BCUT2D eigenvalue weighted by Gasteiger charge is -2.33. The predicted octanol–water partition coefficient (Wildman–Crippen LogP) is 13.7. The van der Waals surface area contributed by atoms with Gasteiger partial charge in [0.2, 0.25) is 0 Å². The molecule has 0 bridgehead atoms. The lowest BCUT2D eigenvalue weighted by atomic mass is 9.86. The summed E-state index contributed by atoms with van der Waals surface area (Å²) in [6, 6.07) is 44.5. The molecule has 0 fully saturated rings. The van der Waals surface area contributed by atoms with Gasteiger partial charge in [-0.1, -0.05) is 145 Å². The fraction of sp³-hybridized carbons (Fsp3) is 0.125. The number of benzene rings is 5. The highest BCUT2D eigenvalue weighted by molar-refractivity contribution is 7.26. The second-order valence-corrected chi connectivity index (χ2v) is 14.5. The molecule has 6 aromatic rings. The molecule has 242 valence electrons. The lowest BCUT2D eigenvalue weighted by molar-refractivity contribution is 0.704. The third kappa shape index (κ3) is 5.91. The second kappa shape index (κ2) is 13.5. The molecule has 50 heavy (non-hydrogen) atoms. The molecule has 0 spiro atoms. The van der Waals surface area contributed by atoms with Gasteiger partial charge in [0.1, 0.15) is 0 Å². The average molecular weight is 662 g/mol. The molecule has 2 heteroatoms. The molecule has 9 rings (SSSR count). The van der Waals surface area contributed by atoms with Crippen LogP contribution in [0.25, 0.3) is 48.0 Å². The van der Waals surface area contributed by atoms with Gasteiger partial charge in [-0.15, -0.1) is 11.3 Å². The minimum atomic E-state index is 0.492. The topological polar surface area (TPSA) is 3.24 Å². The monoisotopic (exact) mass is 661 g/mol. The van der Waals surface area contributed by atoms with Gasteiger partial charge in [-0.3, -0.25) is 0 Å². The molecule has 0 radical (unpaired) electrons. The van der Waals surface area contributed by atoms with Crippen molar-refractivity contribution in [3.8, 4) is 22.3 Å². The van der Waals surface area contributed by atoms with Gasteiger partial charge in [0.25, 0.3) is 0 Å². The van der Waals surface area contributed by atoms with Crippen LogP contribution in [0.5, 0.6) is 0 Å². The van der Waals surface area contributed by atoms with Crippen LogP contribution in [0.4, 0.5) is 5.69 Å². The number of allylic oxidation sites excluding steroid dienone is 11. The van der Waals surface area contributed by atoms with Crippen molar-refractivity contribution < 1.29 is 0 Å². The first-order chi connectivity index (χ1) is 24.8. The zero-order valence-electron chi connectivity index (χ0n) is 28.1. The van der Waals surface area contributed by atoms with Gasteiger partial charge in [0, 0.05) is 43.2 Å². The molecule has 1 aromatic heterocycles. The Kier molecular flexibility index (Phi) is 8.24. The summed E-state index contributed by atoms with van der Waals surface area (Å²) in [5.74, 6) is 0.492. The van der Waals surface area contributed by atoms with Crippen molar-refractivity contribution in [3.05, 3.63) is 192 Å². The van der Waals surface area contributed by atoms with Gasteiger partial charge < -0.3 is 4.90 Å². The summed E-state index contributed by atoms with van der Waals surface area (Å²) in [4.78, 5) is 2.48. The van der Waals surface area contributed by atoms with E-state index < -0.39 is 0 Å². The number of hydrogen-bond donors (Lipinski definition) is 0. The van der Waals surface area contributed by atoms with Crippen molar-refractivity contribution in [2.45, 2.75) is 32.1 Å². The van der Waals surface area contributed by atoms with Crippen molar-refractivity contribution >= 4 is 42.8 Å². The van der Waals surface area contributed by atoms with Gasteiger partial charge in [0.05, 0.1) is 0 Å². The average Bonchev–Trinajstić information content (AvgIpc) is 3.59. The van der Waals surface area contributed by atoms with Crippen molar-refractivity contribution in [1.82, 2.24) is 0 Å². The van der Waals surface area contributed by atoms with E-state index in [1.54, 1.807) is 5.57 Å². The molecular formula is C48H39NS. The molecule has 3 aliphatic carbocycles. The Morgan fingerprint density at radius 2 is 1.36 bits per heavy atom. The molecule has 0 saturated carbocycles. The maximum Gasteiger partial charge on any atom is 0.0458 e. The molecular weight excluding hydrogens is 623 g/mol. The first kappa shape index (κ1) is 30.6. The highest BCUT2D eigenvalue weighted by Gasteiger charge is 2.22. The van der Waals surface area contributed by atoms with E-state index in [2.05, 4.69) is 175 Å². The molecule has 5 aromatic carbocycles. The minimum absolute atomic E-state index is 0.492. The van der Waals surface area contributed by atoms with E-state index in [0.29, 0.717) is 5.92 Å². The Hall–Kier alpha value is -5.44. The van der Waals surface area contributed by atoms with Crippen molar-refractivity contribution in [3.63, 3.8) is 0 Å². The molecule has 1 nitrogen and oxygen atoms in total. The molecule has 0 N–H and O–H groups in total. The van der Waals surface area contributed by atoms with E-state index in [1.807, 2.05) is 11.3 Å². The van der Waals surface area contributed by atoms with E-state index in [-0.39, 0.29) is 0 Å². The number of nitrogens with zero attached hydrogens (tertiary/aromatic N) is 1. The maximum atomic E-state index is 2.48. The first-order valence-corrected chi connectivity index (χ1v) is 18.7. The largest absolute Gasteiger partial charge is 0.315 e. The van der Waals surface area contributed by atoms with Crippen LogP contribution in [0.3, 0.4) is 0 Å². The van der Waals surface area contributed by atoms with E-state index in [9.17, 15) is 0 Å². The van der Waals surface area contributed by atoms with Crippen LogP contribution in [0, 0.1) is 5.92 Å². The summed E-state index contributed by atoms with van der Waals surface area (Å²) < 4.78 is 2.72. The molecule has 0 amide bonds. The molecule has 1 heterocycles. The van der Waals surface area contributed by atoms with E-state index in [4.69, 9.17) is 0 Å². The van der Waals surface area contributed by atoms with E-state index >= 15 is 0 Å². The standard InChI is InChI=1S/C48H39NS/c1-3-10-34(11-4-1)37-22-28-41(29-23-37)49(42-30-24-38(25-31-42)35-12-5-2-6-13-35)43-32-26-39(27-33-43)36-18-20-40(21-19-36)44-15-9-16-46-45-14-7-8-17-47(45)50-48(44)46/h1-5,7-12,14-24,26,28-32,38H,6,13,25,27,33H2. The molecule has 3 aliphatic rings. The van der Waals surface area contributed by atoms with Crippen molar-refractivity contribution in [1.29, 1.82) is 0 Å². The molecule has 1 atom stereocenters. The lowest BCUT2D eigenvalue weighted by Crippen LogP contribution is -2.23. The number of anilines is 1. The summed E-state index contributed by atoms with van der Waals surface area (Å²) in [7, 11) is 0. The highest BCUT2D eigenvalue weighted by Crippen LogP contribution is 2.41. The van der Waals surface area contributed by atoms with Crippen LogP contribution in [0.2, 0.25) is 0 Å². The van der Waals surface area contributed by atoms with Crippen molar-refractivity contribution in [2.24, 2.45) is 5.92 Å². The fourth-order valence-corrected chi connectivity index (χ4v) is 9.02. The van der Waals surface area contributed by atoms with Crippen LogP contribution in [-0.4, -0.2) is 0 Å². The molecule has 1 unspecified atom stereocenters. The third-order valence-electron chi connectivity index (χ3n) is 10.5. The summed E-state index contributed by atoms with van der Waals surface area (Å²) in [6.07, 6.45) is 24.1. The van der Waals surface area contributed by atoms with Crippen LogP contribution < -0.4 is 4.90 Å².